The van der Waals surface area contributed by atoms with Crippen LogP contribution in [0, 0.1) is 5.41 Å². The van der Waals surface area contributed by atoms with Crippen LogP contribution in [0.1, 0.15) is 48.0 Å². The van der Waals surface area contributed by atoms with Gasteiger partial charge in [-0.2, -0.15) is 5.10 Å². The van der Waals surface area contributed by atoms with Crippen LogP contribution >= 0.6 is 0 Å². The van der Waals surface area contributed by atoms with Gasteiger partial charge in [-0.25, -0.2) is 0 Å². The van der Waals surface area contributed by atoms with Crippen molar-refractivity contribution in [3.8, 4) is 0 Å². The smallest absolute Gasteiger partial charge is 0.0487 e. The molecule has 0 radical (unpaired) electrons. The molecular weight excluding hydrogens is 160 g/mol. The Kier molecular flexibility index (Phi) is 10.5. The third kappa shape index (κ3) is 18.3. The highest BCUT2D eigenvalue weighted by molar-refractivity contribution is 4.72. The fourth-order valence-electron chi connectivity index (χ4n) is 0.215. The average Bonchev–Trinajstić information content (AvgIpc) is 2.64. The van der Waals surface area contributed by atoms with Gasteiger partial charge < -0.3 is 0 Å². The van der Waals surface area contributed by atoms with Crippen molar-refractivity contribution in [3.63, 3.8) is 0 Å². The fourth-order valence-corrected chi connectivity index (χ4v) is 0.215. The van der Waals surface area contributed by atoms with E-state index in [4.69, 9.17) is 0 Å². The van der Waals surface area contributed by atoms with Crippen LogP contribution in [0.15, 0.2) is 18.5 Å². The maximum atomic E-state index is 3.60. The Morgan fingerprint density at radius 1 is 1.23 bits per heavy atom. The second kappa shape index (κ2) is 9.30. The van der Waals surface area contributed by atoms with Gasteiger partial charge in [0.1, 0.15) is 0 Å². The molecule has 78 valence electrons. The van der Waals surface area contributed by atoms with E-state index in [1.54, 1.807) is 12.4 Å². The summed E-state index contributed by atoms with van der Waals surface area (Å²) >= 11 is 0. The van der Waals surface area contributed by atoms with Gasteiger partial charge in [0.2, 0.25) is 0 Å². The third-order valence-electron chi connectivity index (χ3n) is 1.47. The topological polar surface area (TPSA) is 28.7 Å². The van der Waals surface area contributed by atoms with Crippen molar-refractivity contribution >= 4 is 0 Å². The van der Waals surface area contributed by atoms with Crippen molar-refractivity contribution in [2.75, 3.05) is 0 Å². The van der Waals surface area contributed by atoms with E-state index in [1.807, 2.05) is 19.9 Å². The summed E-state index contributed by atoms with van der Waals surface area (Å²) in [6.07, 6.45) is 4.73. The molecule has 0 bridgehead atoms. The van der Waals surface area contributed by atoms with E-state index in [-0.39, 0.29) is 0 Å². The van der Waals surface area contributed by atoms with Gasteiger partial charge in [-0.05, 0) is 11.5 Å². The van der Waals surface area contributed by atoms with E-state index in [0.29, 0.717) is 5.41 Å². The molecule has 0 unspecified atom stereocenters. The average molecular weight is 184 g/mol. The first-order valence-electron chi connectivity index (χ1n) is 5.00. The summed E-state index contributed by atoms with van der Waals surface area (Å²) < 4.78 is 0. The first-order valence-corrected chi connectivity index (χ1v) is 5.00. The summed E-state index contributed by atoms with van der Waals surface area (Å²) in [6, 6.07) is 1.83. The van der Waals surface area contributed by atoms with Crippen molar-refractivity contribution in [3.05, 3.63) is 18.5 Å². The first-order chi connectivity index (χ1) is 6.06. The minimum absolute atomic E-state index is 0.542. The molecule has 0 atom stereocenters. The van der Waals surface area contributed by atoms with Crippen molar-refractivity contribution in [1.82, 2.24) is 10.2 Å². The van der Waals surface area contributed by atoms with E-state index in [1.165, 1.54) is 6.42 Å². The van der Waals surface area contributed by atoms with E-state index >= 15 is 0 Å². The molecule has 0 aliphatic carbocycles. The number of rotatable bonds is 0. The Balaban J connectivity index is 0. The highest BCUT2D eigenvalue weighted by Crippen LogP contribution is 2.16. The lowest BCUT2D eigenvalue weighted by Gasteiger charge is -2.12. The summed E-state index contributed by atoms with van der Waals surface area (Å²) in [7, 11) is 0. The van der Waals surface area contributed by atoms with Gasteiger partial charge in [-0.15, -0.1) is 0 Å². The van der Waals surface area contributed by atoms with Crippen molar-refractivity contribution < 1.29 is 0 Å². The predicted molar refractivity (Wildman–Crippen MR) is 59.7 cm³/mol. The lowest BCUT2D eigenvalue weighted by molar-refractivity contribution is 0.398. The molecular formula is C11H24N2. The van der Waals surface area contributed by atoms with Crippen molar-refractivity contribution in [1.29, 1.82) is 0 Å². The zero-order valence-electron chi connectivity index (χ0n) is 9.89. The van der Waals surface area contributed by atoms with Gasteiger partial charge in [0.25, 0.3) is 0 Å². The molecule has 0 amide bonds. The van der Waals surface area contributed by atoms with E-state index < -0.39 is 0 Å². The molecule has 13 heavy (non-hydrogen) atoms. The maximum Gasteiger partial charge on any atom is 0.0487 e. The van der Waals surface area contributed by atoms with Crippen LogP contribution in [0.5, 0.6) is 0 Å². The van der Waals surface area contributed by atoms with Gasteiger partial charge in [-0.3, -0.25) is 5.10 Å². The Morgan fingerprint density at radius 3 is 1.77 bits per heavy atom. The summed E-state index contributed by atoms with van der Waals surface area (Å²) in [5.74, 6) is 0. The molecule has 1 aromatic rings. The van der Waals surface area contributed by atoms with E-state index in [2.05, 4.69) is 37.9 Å². The molecule has 0 aliphatic heterocycles. The van der Waals surface area contributed by atoms with E-state index in [0.717, 1.165) is 0 Å². The normalized spacial score (nSPS) is 9.08. The number of H-pyrrole nitrogens is 1. The molecule has 1 heterocycles. The molecule has 1 rings (SSSR count). The minimum atomic E-state index is 0.542. The summed E-state index contributed by atoms with van der Waals surface area (Å²) in [5, 5.41) is 6.21. The lowest BCUT2D eigenvalue weighted by Crippen LogP contribution is -2.00. The van der Waals surface area contributed by atoms with Crippen LogP contribution in [0.3, 0.4) is 0 Å². The minimum Gasteiger partial charge on any atom is -0.286 e. The number of nitrogens with zero attached hydrogens (tertiary/aromatic N) is 1. The van der Waals surface area contributed by atoms with Gasteiger partial charge in [-0.1, -0.05) is 48.0 Å². The molecule has 0 spiro atoms. The van der Waals surface area contributed by atoms with Crippen molar-refractivity contribution in [2.45, 2.75) is 48.0 Å². The zero-order valence-corrected chi connectivity index (χ0v) is 9.89. The zero-order chi connectivity index (χ0) is 10.7. The largest absolute Gasteiger partial charge is 0.286 e. The predicted octanol–water partition coefficient (Wildman–Crippen LogP) is 3.88. The van der Waals surface area contributed by atoms with Gasteiger partial charge >= 0.3 is 0 Å². The fraction of sp³-hybridized carbons (Fsp3) is 0.727. The Labute approximate surface area is 82.8 Å². The maximum absolute atomic E-state index is 3.60. The molecule has 1 aromatic heterocycles. The Hall–Kier alpha value is -0.790. The monoisotopic (exact) mass is 184 g/mol. The van der Waals surface area contributed by atoms with Crippen LogP contribution in [-0.2, 0) is 0 Å². The summed E-state index contributed by atoms with van der Waals surface area (Å²) in [4.78, 5) is 0. The van der Waals surface area contributed by atoms with E-state index in [9.17, 15) is 0 Å². The van der Waals surface area contributed by atoms with Crippen LogP contribution in [0.2, 0.25) is 0 Å². The van der Waals surface area contributed by atoms with Crippen LogP contribution < -0.4 is 0 Å². The van der Waals surface area contributed by atoms with Gasteiger partial charge in [0.15, 0.2) is 0 Å². The van der Waals surface area contributed by atoms with Crippen molar-refractivity contribution in [2.24, 2.45) is 5.41 Å². The SMILES string of the molecule is CC.CCC(C)(C)C.c1cn[nH]c1. The molecule has 0 fully saturated rings. The number of nitrogens with one attached hydrogen (secondary N) is 1. The highest BCUT2D eigenvalue weighted by Gasteiger charge is 2.03. The standard InChI is InChI=1S/C6H14.C3H4N2.C2H6/c1-5-6(2,3)4;1-2-4-5-3-1;1-2/h5H2,1-4H3;1-3H,(H,4,5);1-2H3. The second-order valence-electron chi connectivity index (χ2n) is 3.68. The summed E-state index contributed by atoms with van der Waals surface area (Å²) in [6.45, 7) is 12.9. The Morgan fingerprint density at radius 2 is 1.69 bits per heavy atom. The molecule has 1 N–H and O–H groups in total. The summed E-state index contributed by atoms with van der Waals surface area (Å²) in [5.41, 5.74) is 0.542. The number of hydrogen-bond acceptors (Lipinski definition) is 1. The van der Waals surface area contributed by atoms with Gasteiger partial charge in [0.05, 0.1) is 0 Å². The van der Waals surface area contributed by atoms with Crippen LogP contribution in [0.25, 0.3) is 0 Å². The van der Waals surface area contributed by atoms with Crippen LogP contribution in [-0.4, -0.2) is 10.2 Å². The highest BCUT2D eigenvalue weighted by atomic mass is 15.1. The first kappa shape index (κ1) is 14.7. The Bertz CT molecular complexity index is 132. The molecule has 0 saturated heterocycles. The number of aromatic amines is 1. The molecule has 2 heteroatoms. The van der Waals surface area contributed by atoms with Gasteiger partial charge in [0, 0.05) is 12.4 Å². The van der Waals surface area contributed by atoms with Crippen LogP contribution in [0.4, 0.5) is 0 Å². The quantitative estimate of drug-likeness (QED) is 0.651. The molecule has 0 aromatic carbocycles. The molecule has 0 saturated carbocycles. The lowest BCUT2D eigenvalue weighted by atomic mass is 9.94. The molecule has 2 nitrogen and oxygen atoms in total. The third-order valence-corrected chi connectivity index (χ3v) is 1.47. The second-order valence-corrected chi connectivity index (χ2v) is 3.68. The number of aromatic nitrogens is 2. The molecule has 0 aliphatic rings. The number of hydrogen-bond donors (Lipinski definition) is 1.